The highest BCUT2D eigenvalue weighted by Gasteiger charge is 2.03. The molecule has 0 bridgehead atoms. The topological polar surface area (TPSA) is 105 Å². The molecule has 1 aromatic rings. The molecule has 0 saturated heterocycles. The average Bonchev–Trinajstić information content (AvgIpc) is 2.33. The van der Waals surface area contributed by atoms with E-state index in [0.717, 1.165) is 4.68 Å². The first-order valence-electron chi connectivity index (χ1n) is 2.61. The van der Waals surface area contributed by atoms with E-state index in [9.17, 15) is 4.21 Å². The number of nitrogens with one attached hydrogen (secondary N) is 1. The Morgan fingerprint density at radius 3 is 2.82 bits per heavy atom. The van der Waals surface area contributed by atoms with E-state index in [1.54, 1.807) is 0 Å². The summed E-state index contributed by atoms with van der Waals surface area (Å²) in [5.41, 5.74) is 5.03. The summed E-state index contributed by atoms with van der Waals surface area (Å²) in [5, 5.41) is 10.4. The minimum absolute atomic E-state index is 0.125. The van der Waals surface area contributed by atoms with Gasteiger partial charge >= 0.3 is 0 Å². The zero-order valence-electron chi connectivity index (χ0n) is 5.39. The van der Waals surface area contributed by atoms with Gasteiger partial charge in [-0.05, 0) is 0 Å². The molecule has 0 aliphatic rings. The third kappa shape index (κ3) is 1.63. The van der Waals surface area contributed by atoms with Crippen molar-refractivity contribution in [2.24, 2.45) is 5.73 Å². The Kier molecular flexibility index (Phi) is 2.01. The fraction of sp³-hybridized carbons (Fsp3) is 0. The fourth-order valence-electron chi connectivity index (χ4n) is 0.528. The fourth-order valence-corrected chi connectivity index (χ4v) is 0.856. The van der Waals surface area contributed by atoms with Crippen molar-refractivity contribution in [2.75, 3.05) is 0 Å². The molecular formula is C4H6N4O2S. The Hall–Kier alpha value is -1.21. The molecule has 1 heterocycles. The SMILES string of the molecule is N=C(N)n1cc(S(=O)O)cn1. The van der Waals surface area contributed by atoms with E-state index >= 15 is 0 Å². The summed E-state index contributed by atoms with van der Waals surface area (Å²) in [5.74, 6) is -0.290. The second kappa shape index (κ2) is 2.81. The van der Waals surface area contributed by atoms with E-state index in [2.05, 4.69) is 5.10 Å². The van der Waals surface area contributed by atoms with Gasteiger partial charge in [0.1, 0.15) is 4.90 Å². The van der Waals surface area contributed by atoms with Gasteiger partial charge in [0.05, 0.1) is 12.4 Å². The zero-order chi connectivity index (χ0) is 8.43. The molecule has 0 aliphatic carbocycles. The van der Waals surface area contributed by atoms with Crippen LogP contribution in [0.5, 0.6) is 0 Å². The van der Waals surface area contributed by atoms with Crippen LogP contribution in [0.3, 0.4) is 0 Å². The number of rotatable bonds is 1. The lowest BCUT2D eigenvalue weighted by molar-refractivity contribution is 0.564. The summed E-state index contributed by atoms with van der Waals surface area (Å²) in [4.78, 5) is 0.125. The van der Waals surface area contributed by atoms with Crippen molar-refractivity contribution in [3.8, 4) is 0 Å². The van der Waals surface area contributed by atoms with Gasteiger partial charge in [-0.3, -0.25) is 5.41 Å². The van der Waals surface area contributed by atoms with Gasteiger partial charge < -0.3 is 10.3 Å². The number of nitrogens with zero attached hydrogens (tertiary/aromatic N) is 2. The van der Waals surface area contributed by atoms with Crippen LogP contribution in [0.1, 0.15) is 0 Å². The van der Waals surface area contributed by atoms with E-state index in [1.165, 1.54) is 12.4 Å². The van der Waals surface area contributed by atoms with Crippen molar-refractivity contribution in [3.63, 3.8) is 0 Å². The van der Waals surface area contributed by atoms with Gasteiger partial charge in [0.15, 0.2) is 11.1 Å². The third-order valence-electron chi connectivity index (χ3n) is 1.01. The highest BCUT2D eigenvalue weighted by atomic mass is 32.2. The predicted molar refractivity (Wildman–Crippen MR) is 38.6 cm³/mol. The van der Waals surface area contributed by atoms with Crippen LogP contribution in [0.25, 0.3) is 0 Å². The minimum Gasteiger partial charge on any atom is -0.368 e. The summed E-state index contributed by atoms with van der Waals surface area (Å²) < 4.78 is 19.9. The smallest absolute Gasteiger partial charge is 0.213 e. The van der Waals surface area contributed by atoms with Crippen LogP contribution < -0.4 is 5.73 Å². The first-order chi connectivity index (χ1) is 5.11. The van der Waals surface area contributed by atoms with Crippen LogP contribution in [0.4, 0.5) is 0 Å². The van der Waals surface area contributed by atoms with Crippen molar-refractivity contribution in [2.45, 2.75) is 4.90 Å². The summed E-state index contributed by atoms with van der Waals surface area (Å²) in [6, 6.07) is 0. The first kappa shape index (κ1) is 7.89. The zero-order valence-corrected chi connectivity index (χ0v) is 6.21. The molecule has 6 nitrogen and oxygen atoms in total. The lowest BCUT2D eigenvalue weighted by Crippen LogP contribution is -2.20. The molecule has 11 heavy (non-hydrogen) atoms. The van der Waals surface area contributed by atoms with Crippen molar-refractivity contribution >= 4 is 17.0 Å². The Morgan fingerprint density at radius 2 is 2.55 bits per heavy atom. The van der Waals surface area contributed by atoms with E-state index < -0.39 is 11.1 Å². The molecular weight excluding hydrogens is 168 g/mol. The molecule has 1 aromatic heterocycles. The molecule has 0 amide bonds. The molecule has 1 unspecified atom stereocenters. The molecule has 0 aromatic carbocycles. The molecule has 0 spiro atoms. The Labute approximate surface area is 64.8 Å². The molecule has 0 aliphatic heterocycles. The molecule has 1 rings (SSSR count). The number of aromatic nitrogens is 2. The van der Waals surface area contributed by atoms with Crippen LogP contribution in [-0.2, 0) is 11.1 Å². The maximum absolute atomic E-state index is 10.4. The highest BCUT2D eigenvalue weighted by molar-refractivity contribution is 7.79. The quantitative estimate of drug-likeness (QED) is 0.294. The van der Waals surface area contributed by atoms with E-state index in [4.69, 9.17) is 15.7 Å². The largest absolute Gasteiger partial charge is 0.368 e. The standard InChI is InChI=1S/C4H6N4O2S/c5-4(6)8-2-3(1-7-8)11(9)10/h1-2H,(H3,5,6)(H,9,10). The van der Waals surface area contributed by atoms with E-state index in [1.807, 2.05) is 0 Å². The second-order valence-electron chi connectivity index (χ2n) is 1.76. The van der Waals surface area contributed by atoms with Crippen LogP contribution in [-0.4, -0.2) is 24.5 Å². The number of nitrogens with two attached hydrogens (primary N) is 1. The monoisotopic (exact) mass is 174 g/mol. The molecule has 0 fully saturated rings. The van der Waals surface area contributed by atoms with Crippen molar-refractivity contribution in [1.29, 1.82) is 5.41 Å². The summed E-state index contributed by atoms with van der Waals surface area (Å²) in [6.07, 6.45) is 2.40. The molecule has 0 saturated carbocycles. The Morgan fingerprint density at radius 1 is 1.91 bits per heavy atom. The normalized spacial score (nSPS) is 12.8. The van der Waals surface area contributed by atoms with Crippen LogP contribution in [0.15, 0.2) is 17.3 Å². The second-order valence-corrected chi connectivity index (χ2v) is 2.72. The van der Waals surface area contributed by atoms with Gasteiger partial charge in [-0.25, -0.2) is 8.89 Å². The lowest BCUT2D eigenvalue weighted by Gasteiger charge is -1.91. The molecule has 1 atom stereocenters. The molecule has 4 N–H and O–H groups in total. The van der Waals surface area contributed by atoms with Crippen molar-refractivity contribution in [3.05, 3.63) is 12.4 Å². The van der Waals surface area contributed by atoms with Crippen molar-refractivity contribution < 1.29 is 8.76 Å². The van der Waals surface area contributed by atoms with E-state index in [-0.39, 0.29) is 10.9 Å². The Bertz CT molecular complexity index is 278. The van der Waals surface area contributed by atoms with Crippen LogP contribution >= 0.6 is 0 Å². The van der Waals surface area contributed by atoms with Gasteiger partial charge in [-0.1, -0.05) is 0 Å². The van der Waals surface area contributed by atoms with Gasteiger partial charge in [0, 0.05) is 0 Å². The van der Waals surface area contributed by atoms with Gasteiger partial charge in [-0.15, -0.1) is 0 Å². The lowest BCUT2D eigenvalue weighted by atomic mass is 10.7. The Balaban J connectivity index is 2.99. The summed E-state index contributed by atoms with van der Waals surface area (Å²) in [6.45, 7) is 0. The number of hydrogen-bond acceptors (Lipinski definition) is 3. The van der Waals surface area contributed by atoms with Crippen LogP contribution in [0, 0.1) is 5.41 Å². The molecule has 0 radical (unpaired) electrons. The van der Waals surface area contributed by atoms with Gasteiger partial charge in [0.2, 0.25) is 5.96 Å². The molecule has 60 valence electrons. The minimum atomic E-state index is -2.06. The van der Waals surface area contributed by atoms with Crippen LogP contribution in [0.2, 0.25) is 0 Å². The van der Waals surface area contributed by atoms with E-state index in [0.29, 0.717) is 0 Å². The average molecular weight is 174 g/mol. The summed E-state index contributed by atoms with van der Waals surface area (Å²) >= 11 is -2.06. The third-order valence-corrected chi connectivity index (χ3v) is 1.62. The van der Waals surface area contributed by atoms with Gasteiger partial charge in [-0.2, -0.15) is 5.10 Å². The maximum Gasteiger partial charge on any atom is 0.213 e. The molecule has 7 heteroatoms. The predicted octanol–water partition coefficient (Wildman–Crippen LogP) is -0.795. The highest BCUT2D eigenvalue weighted by Crippen LogP contribution is 2.00. The number of nitrogen functional groups attached to an aromatic ring is 1. The van der Waals surface area contributed by atoms with Gasteiger partial charge in [0.25, 0.3) is 0 Å². The maximum atomic E-state index is 10.4. The van der Waals surface area contributed by atoms with Crippen molar-refractivity contribution in [1.82, 2.24) is 9.78 Å². The summed E-state index contributed by atoms with van der Waals surface area (Å²) in [7, 11) is 0. The first-order valence-corrected chi connectivity index (χ1v) is 3.72. The number of hydrogen-bond donors (Lipinski definition) is 3.